The standard InChI is InChI=1S/C11H22N2O/c1-5-13(10(4)14)11-6-7-12(8-11)9(2)3/h9,11H,5-8H2,1-4H3. The molecule has 0 N–H and O–H groups in total. The van der Waals surface area contributed by atoms with Crippen LogP contribution in [0.5, 0.6) is 0 Å². The Morgan fingerprint density at radius 1 is 1.57 bits per heavy atom. The van der Waals surface area contributed by atoms with Crippen LogP contribution in [0.4, 0.5) is 0 Å². The molecule has 1 aliphatic heterocycles. The van der Waals surface area contributed by atoms with E-state index < -0.39 is 0 Å². The number of amides is 1. The third kappa shape index (κ3) is 2.47. The molecule has 0 saturated carbocycles. The van der Waals surface area contributed by atoms with E-state index in [2.05, 4.69) is 25.7 Å². The molecule has 1 atom stereocenters. The number of likely N-dealkylation sites (N-methyl/N-ethyl adjacent to an activating group) is 1. The minimum absolute atomic E-state index is 0.211. The molecule has 1 rings (SSSR count). The summed E-state index contributed by atoms with van der Waals surface area (Å²) in [5.74, 6) is 0.211. The molecule has 1 unspecified atom stereocenters. The van der Waals surface area contributed by atoms with Crippen LogP contribution in [0.15, 0.2) is 0 Å². The summed E-state index contributed by atoms with van der Waals surface area (Å²) in [6.45, 7) is 11.2. The molecular formula is C11H22N2O. The molecule has 0 aromatic carbocycles. The van der Waals surface area contributed by atoms with Gasteiger partial charge in [0.05, 0.1) is 0 Å². The molecule has 82 valence electrons. The van der Waals surface area contributed by atoms with Crippen molar-refractivity contribution in [2.75, 3.05) is 19.6 Å². The fourth-order valence-corrected chi connectivity index (χ4v) is 2.23. The van der Waals surface area contributed by atoms with Crippen LogP contribution in [-0.4, -0.2) is 47.4 Å². The van der Waals surface area contributed by atoms with Crippen molar-refractivity contribution in [1.82, 2.24) is 9.80 Å². The van der Waals surface area contributed by atoms with Gasteiger partial charge in [-0.15, -0.1) is 0 Å². The van der Waals surface area contributed by atoms with E-state index in [-0.39, 0.29) is 5.91 Å². The second-order valence-electron chi connectivity index (χ2n) is 4.34. The Kier molecular flexibility index (Phi) is 3.93. The van der Waals surface area contributed by atoms with Crippen molar-refractivity contribution in [1.29, 1.82) is 0 Å². The number of hydrogen-bond acceptors (Lipinski definition) is 2. The fraction of sp³-hybridized carbons (Fsp3) is 0.909. The second-order valence-corrected chi connectivity index (χ2v) is 4.34. The van der Waals surface area contributed by atoms with Crippen molar-refractivity contribution >= 4 is 5.91 Å². The Morgan fingerprint density at radius 2 is 2.21 bits per heavy atom. The van der Waals surface area contributed by atoms with Crippen LogP contribution in [0, 0.1) is 0 Å². The molecule has 1 aliphatic rings. The lowest BCUT2D eigenvalue weighted by Crippen LogP contribution is -2.41. The summed E-state index contributed by atoms with van der Waals surface area (Å²) in [4.78, 5) is 15.8. The van der Waals surface area contributed by atoms with E-state index in [0.717, 1.165) is 26.1 Å². The lowest BCUT2D eigenvalue weighted by molar-refractivity contribution is -0.130. The Balaban J connectivity index is 2.51. The monoisotopic (exact) mass is 198 g/mol. The van der Waals surface area contributed by atoms with Gasteiger partial charge in [0.25, 0.3) is 0 Å². The summed E-state index contributed by atoms with van der Waals surface area (Å²) >= 11 is 0. The van der Waals surface area contributed by atoms with Crippen molar-refractivity contribution in [2.45, 2.75) is 46.2 Å². The van der Waals surface area contributed by atoms with Gasteiger partial charge in [0, 0.05) is 38.6 Å². The van der Waals surface area contributed by atoms with Crippen molar-refractivity contribution in [3.63, 3.8) is 0 Å². The Labute approximate surface area is 87.1 Å². The molecule has 1 heterocycles. The van der Waals surface area contributed by atoms with E-state index in [9.17, 15) is 4.79 Å². The molecule has 0 spiro atoms. The number of rotatable bonds is 3. The Bertz CT molecular complexity index is 203. The van der Waals surface area contributed by atoms with Gasteiger partial charge in [-0.25, -0.2) is 0 Å². The van der Waals surface area contributed by atoms with Gasteiger partial charge in [-0.1, -0.05) is 0 Å². The summed E-state index contributed by atoms with van der Waals surface area (Å²) in [6.07, 6.45) is 1.13. The third-order valence-corrected chi connectivity index (χ3v) is 3.11. The van der Waals surface area contributed by atoms with Gasteiger partial charge >= 0.3 is 0 Å². The maximum atomic E-state index is 11.3. The average Bonchev–Trinajstić information content (AvgIpc) is 2.53. The van der Waals surface area contributed by atoms with E-state index in [1.807, 2.05) is 4.90 Å². The highest BCUT2D eigenvalue weighted by atomic mass is 16.2. The molecule has 0 bridgehead atoms. The molecular weight excluding hydrogens is 176 g/mol. The predicted molar refractivity (Wildman–Crippen MR) is 58.2 cm³/mol. The number of likely N-dealkylation sites (tertiary alicyclic amines) is 1. The lowest BCUT2D eigenvalue weighted by Gasteiger charge is -2.27. The van der Waals surface area contributed by atoms with Crippen LogP contribution >= 0.6 is 0 Å². The van der Waals surface area contributed by atoms with Gasteiger partial charge in [-0.3, -0.25) is 9.69 Å². The highest BCUT2D eigenvalue weighted by molar-refractivity contribution is 5.73. The Hall–Kier alpha value is -0.570. The van der Waals surface area contributed by atoms with Crippen LogP contribution in [0.25, 0.3) is 0 Å². The largest absolute Gasteiger partial charge is 0.339 e. The molecule has 0 aromatic rings. The van der Waals surface area contributed by atoms with Gasteiger partial charge in [-0.05, 0) is 27.2 Å². The quantitative estimate of drug-likeness (QED) is 0.683. The third-order valence-electron chi connectivity index (χ3n) is 3.11. The molecule has 0 radical (unpaired) electrons. The SMILES string of the molecule is CCN(C(C)=O)C1CCN(C(C)C)C1. The number of carbonyl (C=O) groups excluding carboxylic acids is 1. The summed E-state index contributed by atoms with van der Waals surface area (Å²) in [5, 5.41) is 0. The molecule has 1 amide bonds. The van der Waals surface area contributed by atoms with Crippen LogP contribution in [0.1, 0.15) is 34.1 Å². The highest BCUT2D eigenvalue weighted by Gasteiger charge is 2.29. The molecule has 3 heteroatoms. The van der Waals surface area contributed by atoms with Crippen molar-refractivity contribution in [3.05, 3.63) is 0 Å². The first kappa shape index (κ1) is 11.5. The maximum Gasteiger partial charge on any atom is 0.219 e. The smallest absolute Gasteiger partial charge is 0.219 e. The zero-order chi connectivity index (χ0) is 10.7. The second kappa shape index (κ2) is 4.78. The molecule has 1 saturated heterocycles. The predicted octanol–water partition coefficient (Wildman–Crippen LogP) is 1.34. The maximum absolute atomic E-state index is 11.3. The zero-order valence-electron chi connectivity index (χ0n) is 9.79. The highest BCUT2D eigenvalue weighted by Crippen LogP contribution is 2.17. The van der Waals surface area contributed by atoms with Gasteiger partial charge < -0.3 is 4.90 Å². The van der Waals surface area contributed by atoms with Crippen LogP contribution in [0.3, 0.4) is 0 Å². The Morgan fingerprint density at radius 3 is 2.57 bits per heavy atom. The van der Waals surface area contributed by atoms with Crippen molar-refractivity contribution < 1.29 is 4.79 Å². The van der Waals surface area contributed by atoms with Crippen molar-refractivity contribution in [3.8, 4) is 0 Å². The van der Waals surface area contributed by atoms with E-state index in [1.54, 1.807) is 6.92 Å². The minimum Gasteiger partial charge on any atom is -0.339 e. The normalized spacial score (nSPS) is 23.1. The molecule has 3 nitrogen and oxygen atoms in total. The van der Waals surface area contributed by atoms with Gasteiger partial charge in [0.15, 0.2) is 0 Å². The van der Waals surface area contributed by atoms with E-state index in [4.69, 9.17) is 0 Å². The van der Waals surface area contributed by atoms with Gasteiger partial charge in [0.2, 0.25) is 5.91 Å². The van der Waals surface area contributed by atoms with E-state index in [0.29, 0.717) is 12.1 Å². The van der Waals surface area contributed by atoms with E-state index >= 15 is 0 Å². The van der Waals surface area contributed by atoms with Crippen LogP contribution in [0.2, 0.25) is 0 Å². The summed E-state index contributed by atoms with van der Waals surface area (Å²) in [7, 11) is 0. The number of carbonyl (C=O) groups is 1. The van der Waals surface area contributed by atoms with Crippen molar-refractivity contribution in [2.24, 2.45) is 0 Å². The zero-order valence-corrected chi connectivity index (χ0v) is 9.79. The first-order valence-corrected chi connectivity index (χ1v) is 5.57. The van der Waals surface area contributed by atoms with E-state index in [1.165, 1.54) is 0 Å². The topological polar surface area (TPSA) is 23.6 Å². The summed E-state index contributed by atoms with van der Waals surface area (Å²) in [6, 6.07) is 1.05. The van der Waals surface area contributed by atoms with Crippen LogP contribution < -0.4 is 0 Å². The molecule has 14 heavy (non-hydrogen) atoms. The number of nitrogens with zero attached hydrogens (tertiary/aromatic N) is 2. The molecule has 1 fully saturated rings. The minimum atomic E-state index is 0.211. The average molecular weight is 198 g/mol. The fourth-order valence-electron chi connectivity index (χ4n) is 2.23. The summed E-state index contributed by atoms with van der Waals surface area (Å²) in [5.41, 5.74) is 0. The first-order chi connectivity index (χ1) is 6.56. The lowest BCUT2D eigenvalue weighted by atomic mass is 10.2. The molecule has 0 aliphatic carbocycles. The summed E-state index contributed by atoms with van der Waals surface area (Å²) < 4.78 is 0. The first-order valence-electron chi connectivity index (χ1n) is 5.57. The van der Waals surface area contributed by atoms with Crippen LogP contribution in [-0.2, 0) is 4.79 Å². The number of hydrogen-bond donors (Lipinski definition) is 0. The van der Waals surface area contributed by atoms with Gasteiger partial charge in [0.1, 0.15) is 0 Å². The van der Waals surface area contributed by atoms with Gasteiger partial charge in [-0.2, -0.15) is 0 Å². The molecule has 0 aromatic heterocycles.